The van der Waals surface area contributed by atoms with Crippen LogP contribution in [0, 0.1) is 12.8 Å². The lowest BCUT2D eigenvalue weighted by Gasteiger charge is -2.13. The molecule has 124 valence electrons. The first-order valence-electron chi connectivity index (χ1n) is 7.84. The number of phenolic OH excluding ortho intramolecular Hbond substituents is 2. The molecule has 1 atom stereocenters. The van der Waals surface area contributed by atoms with Crippen LogP contribution in [0.1, 0.15) is 18.2 Å². The Labute approximate surface area is 140 Å². The second-order valence-corrected chi connectivity index (χ2v) is 6.09. The van der Waals surface area contributed by atoms with E-state index < -0.39 is 0 Å². The summed E-state index contributed by atoms with van der Waals surface area (Å²) in [5, 5.41) is 22.9. The van der Waals surface area contributed by atoms with Crippen molar-refractivity contribution in [3.63, 3.8) is 0 Å². The number of rotatable bonds is 4. The van der Waals surface area contributed by atoms with Gasteiger partial charge in [-0.2, -0.15) is 0 Å². The van der Waals surface area contributed by atoms with E-state index >= 15 is 0 Å². The summed E-state index contributed by atoms with van der Waals surface area (Å²) in [5.41, 5.74) is 3.50. The van der Waals surface area contributed by atoms with Crippen LogP contribution in [-0.4, -0.2) is 21.1 Å². The molecule has 0 saturated carbocycles. The highest BCUT2D eigenvalue weighted by Crippen LogP contribution is 2.29. The zero-order chi connectivity index (χ0) is 17.3. The van der Waals surface area contributed by atoms with Gasteiger partial charge in [-0.3, -0.25) is 4.79 Å². The van der Waals surface area contributed by atoms with E-state index in [1.807, 2.05) is 38.1 Å². The summed E-state index contributed by atoms with van der Waals surface area (Å²) < 4.78 is 0. The van der Waals surface area contributed by atoms with Crippen molar-refractivity contribution in [2.24, 2.45) is 5.92 Å². The van der Waals surface area contributed by atoms with Crippen LogP contribution >= 0.6 is 0 Å². The molecule has 0 bridgehead atoms. The highest BCUT2D eigenvalue weighted by molar-refractivity contribution is 6.03. The fourth-order valence-electron chi connectivity index (χ4n) is 2.83. The molecule has 5 nitrogen and oxygen atoms in total. The predicted octanol–water partition coefficient (Wildman–Crippen LogP) is 3.70. The number of aromatic hydroxyl groups is 2. The number of amides is 1. The van der Waals surface area contributed by atoms with Gasteiger partial charge in [0.15, 0.2) is 11.5 Å². The summed E-state index contributed by atoms with van der Waals surface area (Å²) >= 11 is 0. The SMILES string of the molecule is Cc1[nH]c2ccccc2c1NC(=O)C(C)Cc1ccc(O)c(O)c1. The number of aromatic nitrogens is 1. The molecule has 0 spiro atoms. The molecule has 1 unspecified atom stereocenters. The average molecular weight is 324 g/mol. The molecule has 0 radical (unpaired) electrons. The first-order chi connectivity index (χ1) is 11.5. The number of benzene rings is 2. The minimum atomic E-state index is -0.276. The van der Waals surface area contributed by atoms with Crippen LogP contribution in [0.5, 0.6) is 11.5 Å². The summed E-state index contributed by atoms with van der Waals surface area (Å²) in [7, 11) is 0. The fourth-order valence-corrected chi connectivity index (χ4v) is 2.83. The van der Waals surface area contributed by atoms with E-state index in [1.165, 1.54) is 12.1 Å². The van der Waals surface area contributed by atoms with Gasteiger partial charge < -0.3 is 20.5 Å². The Hall–Kier alpha value is -2.95. The number of aromatic amines is 1. The first-order valence-corrected chi connectivity index (χ1v) is 7.84. The van der Waals surface area contributed by atoms with E-state index in [0.717, 1.165) is 27.8 Å². The summed E-state index contributed by atoms with van der Waals surface area (Å²) in [6, 6.07) is 12.4. The van der Waals surface area contributed by atoms with Gasteiger partial charge in [-0.15, -0.1) is 0 Å². The fraction of sp³-hybridized carbons (Fsp3) is 0.211. The van der Waals surface area contributed by atoms with Crippen LogP contribution in [0.15, 0.2) is 42.5 Å². The minimum Gasteiger partial charge on any atom is -0.504 e. The van der Waals surface area contributed by atoms with Gasteiger partial charge in [0.05, 0.1) is 5.69 Å². The van der Waals surface area contributed by atoms with Crippen molar-refractivity contribution in [1.82, 2.24) is 4.98 Å². The molecule has 1 heterocycles. The molecule has 0 aliphatic rings. The third-order valence-corrected chi connectivity index (χ3v) is 4.17. The number of hydrogen-bond acceptors (Lipinski definition) is 3. The standard InChI is InChI=1S/C19H20N2O3/c1-11(9-13-7-8-16(22)17(23)10-13)19(24)21-18-12(2)20-15-6-4-3-5-14(15)18/h3-8,10-11,20,22-23H,9H2,1-2H3,(H,21,24). The number of phenols is 2. The van der Waals surface area contributed by atoms with Gasteiger partial charge in [0, 0.05) is 22.5 Å². The lowest BCUT2D eigenvalue weighted by atomic mass is 9.99. The smallest absolute Gasteiger partial charge is 0.227 e. The molecule has 0 fully saturated rings. The number of para-hydroxylation sites is 1. The summed E-state index contributed by atoms with van der Waals surface area (Å²) in [6.07, 6.45) is 0.473. The van der Waals surface area contributed by atoms with Crippen LogP contribution < -0.4 is 5.32 Å². The van der Waals surface area contributed by atoms with Crippen LogP contribution in [0.4, 0.5) is 5.69 Å². The van der Waals surface area contributed by atoms with E-state index in [4.69, 9.17) is 0 Å². The van der Waals surface area contributed by atoms with Crippen LogP contribution in [0.2, 0.25) is 0 Å². The summed E-state index contributed by atoms with van der Waals surface area (Å²) in [4.78, 5) is 15.8. The number of H-pyrrole nitrogens is 1. The van der Waals surface area contributed by atoms with Crippen molar-refractivity contribution in [2.45, 2.75) is 20.3 Å². The van der Waals surface area contributed by atoms with Crippen LogP contribution in [0.3, 0.4) is 0 Å². The molecule has 3 aromatic rings. The first kappa shape index (κ1) is 15.9. The van der Waals surface area contributed by atoms with E-state index in [2.05, 4.69) is 10.3 Å². The van der Waals surface area contributed by atoms with Gasteiger partial charge in [-0.1, -0.05) is 31.2 Å². The zero-order valence-corrected chi connectivity index (χ0v) is 13.6. The number of anilines is 1. The van der Waals surface area contributed by atoms with Gasteiger partial charge in [0.25, 0.3) is 0 Å². The Balaban J connectivity index is 1.76. The molecule has 5 heteroatoms. The van der Waals surface area contributed by atoms with Crippen molar-refractivity contribution in [3.8, 4) is 11.5 Å². The highest BCUT2D eigenvalue weighted by atomic mass is 16.3. The van der Waals surface area contributed by atoms with Crippen LogP contribution in [-0.2, 0) is 11.2 Å². The lowest BCUT2D eigenvalue weighted by Crippen LogP contribution is -2.22. The number of fused-ring (bicyclic) bond motifs is 1. The number of nitrogens with one attached hydrogen (secondary N) is 2. The molecule has 4 N–H and O–H groups in total. The number of carbonyl (C=O) groups excluding carboxylic acids is 1. The maximum Gasteiger partial charge on any atom is 0.227 e. The van der Waals surface area contributed by atoms with Crippen molar-refractivity contribution < 1.29 is 15.0 Å². The second-order valence-electron chi connectivity index (χ2n) is 6.09. The quantitative estimate of drug-likeness (QED) is 0.552. The Bertz CT molecular complexity index is 899. The van der Waals surface area contributed by atoms with Crippen molar-refractivity contribution in [1.29, 1.82) is 0 Å². The maximum absolute atomic E-state index is 12.5. The molecule has 0 aliphatic heterocycles. The Morgan fingerprint density at radius 3 is 2.67 bits per heavy atom. The predicted molar refractivity (Wildman–Crippen MR) is 94.3 cm³/mol. The molecule has 3 rings (SSSR count). The minimum absolute atomic E-state index is 0.0876. The van der Waals surface area contributed by atoms with Gasteiger partial charge >= 0.3 is 0 Å². The number of aryl methyl sites for hydroxylation is 1. The highest BCUT2D eigenvalue weighted by Gasteiger charge is 2.17. The van der Waals surface area contributed by atoms with Crippen molar-refractivity contribution in [2.75, 3.05) is 5.32 Å². The van der Waals surface area contributed by atoms with Gasteiger partial charge in [-0.25, -0.2) is 0 Å². The summed E-state index contributed by atoms with van der Waals surface area (Å²) in [5.74, 6) is -0.699. The van der Waals surface area contributed by atoms with Gasteiger partial charge in [-0.05, 0) is 37.1 Å². The Morgan fingerprint density at radius 1 is 1.17 bits per heavy atom. The lowest BCUT2D eigenvalue weighted by molar-refractivity contribution is -0.119. The zero-order valence-electron chi connectivity index (χ0n) is 13.6. The molecule has 0 aliphatic carbocycles. The monoisotopic (exact) mass is 324 g/mol. The third kappa shape index (κ3) is 3.06. The topological polar surface area (TPSA) is 85.4 Å². The van der Waals surface area contributed by atoms with Gasteiger partial charge in [0.2, 0.25) is 5.91 Å². The molecular formula is C19H20N2O3. The second kappa shape index (κ2) is 6.28. The molecule has 1 amide bonds. The number of hydrogen-bond donors (Lipinski definition) is 4. The largest absolute Gasteiger partial charge is 0.504 e. The van der Waals surface area contributed by atoms with Crippen molar-refractivity contribution >= 4 is 22.5 Å². The average Bonchev–Trinajstić information content (AvgIpc) is 2.87. The molecule has 0 saturated heterocycles. The molecular weight excluding hydrogens is 304 g/mol. The Morgan fingerprint density at radius 2 is 1.92 bits per heavy atom. The molecule has 24 heavy (non-hydrogen) atoms. The van der Waals surface area contributed by atoms with Crippen molar-refractivity contribution in [3.05, 3.63) is 53.7 Å². The third-order valence-electron chi connectivity index (χ3n) is 4.17. The van der Waals surface area contributed by atoms with Crippen LogP contribution in [0.25, 0.3) is 10.9 Å². The number of carbonyl (C=O) groups is 1. The normalized spacial score (nSPS) is 12.2. The van der Waals surface area contributed by atoms with E-state index in [1.54, 1.807) is 6.07 Å². The molecule has 1 aromatic heterocycles. The van der Waals surface area contributed by atoms with E-state index in [0.29, 0.717) is 6.42 Å². The van der Waals surface area contributed by atoms with E-state index in [9.17, 15) is 15.0 Å². The molecule has 2 aromatic carbocycles. The maximum atomic E-state index is 12.5. The summed E-state index contributed by atoms with van der Waals surface area (Å²) in [6.45, 7) is 3.77. The van der Waals surface area contributed by atoms with E-state index in [-0.39, 0.29) is 23.3 Å². The Kier molecular flexibility index (Phi) is 4.16. The van der Waals surface area contributed by atoms with Gasteiger partial charge in [0.1, 0.15) is 0 Å².